The van der Waals surface area contributed by atoms with Gasteiger partial charge in [0.2, 0.25) is 11.8 Å². The lowest BCUT2D eigenvalue weighted by Crippen LogP contribution is -2.43. The normalized spacial score (nSPS) is 11.6. The summed E-state index contributed by atoms with van der Waals surface area (Å²) in [4.78, 5) is 28.6. The Kier molecular flexibility index (Phi) is 6.95. The van der Waals surface area contributed by atoms with E-state index < -0.39 is 6.04 Å². The first kappa shape index (κ1) is 22.4. The predicted octanol–water partition coefficient (Wildman–Crippen LogP) is 4.60. The van der Waals surface area contributed by atoms with Crippen molar-refractivity contribution < 1.29 is 9.53 Å². The minimum atomic E-state index is -0.458. The molecule has 1 N–H and O–H groups in total. The van der Waals surface area contributed by atoms with Crippen molar-refractivity contribution in [2.24, 2.45) is 0 Å². The summed E-state index contributed by atoms with van der Waals surface area (Å²) in [5.41, 5.74) is 5.93. The quantitative estimate of drug-likeness (QED) is 0.415. The van der Waals surface area contributed by atoms with Gasteiger partial charge in [-0.2, -0.15) is 0 Å². The fourth-order valence-electron chi connectivity index (χ4n) is 3.54. The molecule has 1 aromatic carbocycles. The second kappa shape index (κ2) is 10.2. The van der Waals surface area contributed by atoms with E-state index in [1.165, 1.54) is 11.3 Å². The molecule has 1 amide bonds. The number of carbonyl (C=O) groups is 1. The molecular weight excluding hydrogens is 434 g/mol. The van der Waals surface area contributed by atoms with Crippen molar-refractivity contribution in [3.05, 3.63) is 82.9 Å². The number of ether oxygens (including phenoxy) is 1. The van der Waals surface area contributed by atoms with Gasteiger partial charge in [0.25, 0.3) is 0 Å². The molecule has 7 nitrogen and oxygen atoms in total. The first-order chi connectivity index (χ1) is 16.0. The summed E-state index contributed by atoms with van der Waals surface area (Å²) < 4.78 is 5.39. The highest BCUT2D eigenvalue weighted by atomic mass is 32.1. The number of hydrogen-bond acceptors (Lipinski definition) is 7. The summed E-state index contributed by atoms with van der Waals surface area (Å²) in [7, 11) is 3.45. The van der Waals surface area contributed by atoms with Gasteiger partial charge in [-0.1, -0.05) is 30.3 Å². The average molecular weight is 460 g/mol. The number of likely N-dealkylation sites (N-methyl/N-ethyl adjacent to an activating group) is 1. The van der Waals surface area contributed by atoms with Crippen molar-refractivity contribution in [3.8, 4) is 17.1 Å². The summed E-state index contributed by atoms with van der Waals surface area (Å²) in [6, 6.07) is 16.9. The molecule has 0 aliphatic carbocycles. The molecule has 33 heavy (non-hydrogen) atoms. The number of aryl methyl sites for hydroxylation is 1. The van der Waals surface area contributed by atoms with E-state index in [0.29, 0.717) is 23.7 Å². The number of amides is 1. The van der Waals surface area contributed by atoms with Gasteiger partial charge in [-0.25, -0.2) is 9.97 Å². The van der Waals surface area contributed by atoms with Crippen LogP contribution in [-0.2, 0) is 11.2 Å². The standard InChI is InChI=1S/C25H25N5O2S/c1-17-11-19(9-10-26-17)21-13-20(14-24(29-21)32-3)28-25(31)22(12-18-7-5-4-6-8-18)30(2)23-15-33-16-27-23/h4-11,13-16,22H,12H2,1-3H3,(H,28,29,31)/t22-/m0/s1. The smallest absolute Gasteiger partial charge is 0.247 e. The lowest BCUT2D eigenvalue weighted by molar-refractivity contribution is -0.117. The van der Waals surface area contributed by atoms with E-state index in [1.807, 2.05) is 72.8 Å². The number of thiazole rings is 1. The van der Waals surface area contributed by atoms with Gasteiger partial charge >= 0.3 is 0 Å². The zero-order chi connectivity index (χ0) is 23.2. The minimum absolute atomic E-state index is 0.139. The topological polar surface area (TPSA) is 80.2 Å². The monoisotopic (exact) mass is 459 g/mol. The third kappa shape index (κ3) is 5.53. The van der Waals surface area contributed by atoms with Crippen LogP contribution >= 0.6 is 11.3 Å². The molecule has 0 spiro atoms. The number of nitrogens with one attached hydrogen (secondary N) is 1. The van der Waals surface area contributed by atoms with Gasteiger partial charge in [0.05, 0.1) is 18.3 Å². The predicted molar refractivity (Wildman–Crippen MR) is 132 cm³/mol. The number of nitrogens with zero attached hydrogens (tertiary/aromatic N) is 4. The number of rotatable bonds is 8. The molecule has 0 radical (unpaired) electrons. The summed E-state index contributed by atoms with van der Waals surface area (Å²) in [5, 5.41) is 5.00. The first-order valence-electron chi connectivity index (χ1n) is 10.5. The molecule has 3 heterocycles. The van der Waals surface area contributed by atoms with Crippen molar-refractivity contribution >= 4 is 28.7 Å². The second-order valence-electron chi connectivity index (χ2n) is 7.62. The molecule has 0 fully saturated rings. The van der Waals surface area contributed by atoms with Crippen molar-refractivity contribution in [3.63, 3.8) is 0 Å². The molecule has 8 heteroatoms. The van der Waals surface area contributed by atoms with Gasteiger partial charge in [-0.3, -0.25) is 9.78 Å². The van der Waals surface area contributed by atoms with Gasteiger partial charge in [-0.05, 0) is 30.7 Å². The molecule has 4 aromatic rings. The number of pyridine rings is 2. The average Bonchev–Trinajstić information content (AvgIpc) is 3.37. The highest BCUT2D eigenvalue weighted by molar-refractivity contribution is 7.07. The molecule has 168 valence electrons. The summed E-state index contributed by atoms with van der Waals surface area (Å²) in [6.07, 6.45) is 2.28. The second-order valence-corrected chi connectivity index (χ2v) is 8.34. The van der Waals surface area contributed by atoms with Crippen LogP contribution in [0.1, 0.15) is 11.3 Å². The maximum Gasteiger partial charge on any atom is 0.247 e. The Morgan fingerprint density at radius 3 is 2.67 bits per heavy atom. The maximum atomic E-state index is 13.5. The molecule has 1 atom stereocenters. The number of anilines is 2. The van der Waals surface area contributed by atoms with Crippen molar-refractivity contribution in [1.29, 1.82) is 0 Å². The fourth-order valence-corrected chi connectivity index (χ4v) is 4.12. The Bertz CT molecular complexity index is 1210. The van der Waals surface area contributed by atoms with Gasteiger partial charge in [0.15, 0.2) is 0 Å². The molecule has 3 aromatic heterocycles. The molecule has 0 aliphatic heterocycles. The Morgan fingerprint density at radius 2 is 1.97 bits per heavy atom. The first-order valence-corrected chi connectivity index (χ1v) is 11.4. The van der Waals surface area contributed by atoms with E-state index in [4.69, 9.17) is 4.74 Å². The Hall–Kier alpha value is -3.78. The zero-order valence-corrected chi connectivity index (χ0v) is 19.5. The number of hydrogen-bond donors (Lipinski definition) is 1. The Balaban J connectivity index is 1.63. The highest BCUT2D eigenvalue weighted by Crippen LogP contribution is 2.26. The molecule has 0 unspecified atom stereocenters. The van der Waals surface area contributed by atoms with Crippen LogP contribution in [0.3, 0.4) is 0 Å². The van der Waals surface area contributed by atoms with Gasteiger partial charge in [-0.15, -0.1) is 11.3 Å². The largest absolute Gasteiger partial charge is 0.481 e. The number of aromatic nitrogens is 3. The number of methoxy groups -OCH3 is 1. The molecule has 0 bridgehead atoms. The third-order valence-electron chi connectivity index (χ3n) is 5.29. The van der Waals surface area contributed by atoms with Crippen LogP contribution < -0.4 is 15.0 Å². The van der Waals surface area contributed by atoms with E-state index in [2.05, 4.69) is 20.3 Å². The zero-order valence-electron chi connectivity index (χ0n) is 18.7. The van der Waals surface area contributed by atoms with Crippen LogP contribution in [0.5, 0.6) is 5.88 Å². The van der Waals surface area contributed by atoms with Crippen molar-refractivity contribution in [2.75, 3.05) is 24.4 Å². The Labute approximate surface area is 197 Å². The fraction of sp³-hybridized carbons (Fsp3) is 0.200. The summed E-state index contributed by atoms with van der Waals surface area (Å²) >= 11 is 1.50. The molecular formula is C25H25N5O2S. The summed E-state index contributed by atoms with van der Waals surface area (Å²) in [5.74, 6) is 1.04. The van der Waals surface area contributed by atoms with Crippen molar-refractivity contribution in [2.45, 2.75) is 19.4 Å². The number of benzene rings is 1. The minimum Gasteiger partial charge on any atom is -0.481 e. The van der Waals surface area contributed by atoms with Gasteiger partial charge < -0.3 is 15.0 Å². The van der Waals surface area contributed by atoms with Gasteiger partial charge in [0.1, 0.15) is 11.9 Å². The maximum absolute atomic E-state index is 13.5. The molecule has 0 saturated heterocycles. The van der Waals surface area contributed by atoms with Crippen LogP contribution in [0, 0.1) is 6.92 Å². The third-order valence-corrected chi connectivity index (χ3v) is 5.87. The molecule has 0 aliphatic rings. The van der Waals surface area contributed by atoms with E-state index in [0.717, 1.165) is 22.6 Å². The molecule has 0 saturated carbocycles. The Morgan fingerprint density at radius 1 is 1.15 bits per heavy atom. The van der Waals surface area contributed by atoms with Crippen LogP contribution in [0.15, 0.2) is 71.7 Å². The van der Waals surface area contributed by atoms with Crippen LogP contribution in [0.4, 0.5) is 11.5 Å². The van der Waals surface area contributed by atoms with E-state index in [-0.39, 0.29) is 5.91 Å². The SMILES string of the molecule is COc1cc(NC(=O)[C@H](Cc2ccccc2)N(C)c2cscn2)cc(-c2ccnc(C)c2)n1. The number of carbonyl (C=O) groups excluding carboxylic acids is 1. The van der Waals surface area contributed by atoms with E-state index in [9.17, 15) is 4.79 Å². The van der Waals surface area contributed by atoms with E-state index in [1.54, 1.807) is 24.9 Å². The van der Waals surface area contributed by atoms with E-state index >= 15 is 0 Å². The lowest BCUT2D eigenvalue weighted by Gasteiger charge is -2.27. The molecule has 4 rings (SSSR count). The van der Waals surface area contributed by atoms with Crippen molar-refractivity contribution in [1.82, 2.24) is 15.0 Å². The van der Waals surface area contributed by atoms with Crippen LogP contribution in [0.25, 0.3) is 11.3 Å². The van der Waals surface area contributed by atoms with Gasteiger partial charge in [0, 0.05) is 48.1 Å². The van der Waals surface area contributed by atoms with Crippen LogP contribution in [0.2, 0.25) is 0 Å². The van der Waals surface area contributed by atoms with Crippen LogP contribution in [-0.4, -0.2) is 41.1 Å². The summed E-state index contributed by atoms with van der Waals surface area (Å²) in [6.45, 7) is 1.93. The lowest BCUT2D eigenvalue weighted by atomic mass is 10.0. The highest BCUT2D eigenvalue weighted by Gasteiger charge is 2.25.